The first-order valence-electron chi connectivity index (χ1n) is 21.0. The summed E-state index contributed by atoms with van der Waals surface area (Å²) in [5, 5.41) is 2.58. The molecule has 0 atom stereocenters. The van der Waals surface area contributed by atoms with E-state index in [0.717, 1.165) is 12.8 Å². The Labute approximate surface area is 353 Å². The van der Waals surface area contributed by atoms with E-state index < -0.39 is 0 Å². The fourth-order valence-corrected chi connectivity index (χ4v) is 8.92. The average molecular weight is 765 g/mol. The maximum atomic E-state index is 2.37. The van der Waals surface area contributed by atoms with E-state index in [1.54, 1.807) is 0 Å². The van der Waals surface area contributed by atoms with Crippen LogP contribution in [0.5, 0.6) is 0 Å². The summed E-state index contributed by atoms with van der Waals surface area (Å²) in [5.74, 6) is 0. The lowest BCUT2D eigenvalue weighted by Gasteiger charge is -2.24. The maximum Gasteiger partial charge on any atom is -0.00295 e. The average Bonchev–Trinajstić information content (AvgIpc) is 3.33. The van der Waals surface area contributed by atoms with Gasteiger partial charge in [-0.2, -0.15) is 0 Å². The molecule has 10 rings (SSSR count). The second kappa shape index (κ2) is 16.7. The van der Waals surface area contributed by atoms with Crippen LogP contribution in [0.25, 0.3) is 73.5 Å². The van der Waals surface area contributed by atoms with Crippen LogP contribution in [0, 0.1) is 0 Å². The highest BCUT2D eigenvalue weighted by atomic mass is 14.3. The molecular weight excluding hydrogens is 721 g/mol. The van der Waals surface area contributed by atoms with E-state index in [4.69, 9.17) is 0 Å². The lowest BCUT2D eigenvalue weighted by atomic mass is 9.80. The van der Waals surface area contributed by atoms with Crippen LogP contribution in [0.3, 0.4) is 0 Å². The number of hydrogen-bond acceptors (Lipinski definition) is 0. The molecule has 1 aliphatic rings. The van der Waals surface area contributed by atoms with Crippen LogP contribution in [-0.4, -0.2) is 0 Å². The standard InChI is InChI=1S/C60H44/c1-5-21-46(22-6-1)57(47-23-7-2-8-24-47)41-43-19-17-29-51(39-43)45-35-37-50(38-36-45)59-53-31-13-15-33-55(53)60(56-34-16-14-32-54(56)59)52-30-18-20-44(40-52)42-58(48-25-9-3-10-26-48)49-27-11-4-12-28-49/h1-13,15-31,33-42H,14,32H2. The normalized spacial score (nSPS) is 11.8. The molecule has 0 nitrogen and oxygen atoms in total. The van der Waals surface area contributed by atoms with Gasteiger partial charge in [-0.1, -0.05) is 218 Å². The van der Waals surface area contributed by atoms with Crippen LogP contribution < -0.4 is 0 Å². The van der Waals surface area contributed by atoms with Crippen molar-refractivity contribution >= 4 is 40.1 Å². The first-order valence-corrected chi connectivity index (χ1v) is 21.0. The van der Waals surface area contributed by atoms with Crippen molar-refractivity contribution in [3.8, 4) is 33.4 Å². The third-order valence-corrected chi connectivity index (χ3v) is 11.7. The molecule has 0 saturated carbocycles. The van der Waals surface area contributed by atoms with Crippen LogP contribution >= 0.6 is 0 Å². The van der Waals surface area contributed by atoms with Gasteiger partial charge in [-0.15, -0.1) is 0 Å². The Balaban J connectivity index is 1.04. The topological polar surface area (TPSA) is 0 Å². The van der Waals surface area contributed by atoms with Gasteiger partial charge in [-0.3, -0.25) is 0 Å². The molecule has 0 heterocycles. The summed E-state index contributed by atoms with van der Waals surface area (Å²) in [4.78, 5) is 0. The van der Waals surface area contributed by atoms with Crippen LogP contribution in [-0.2, 0) is 6.42 Å². The van der Waals surface area contributed by atoms with Gasteiger partial charge in [-0.05, 0) is 137 Å². The van der Waals surface area contributed by atoms with Gasteiger partial charge in [-0.25, -0.2) is 0 Å². The molecule has 284 valence electrons. The van der Waals surface area contributed by atoms with E-state index in [1.807, 2.05) is 0 Å². The minimum Gasteiger partial charge on any atom is -0.0836 e. The number of benzene rings is 9. The lowest BCUT2D eigenvalue weighted by molar-refractivity contribution is 0.991. The Kier molecular flexibility index (Phi) is 10.3. The molecular formula is C60H44. The van der Waals surface area contributed by atoms with Gasteiger partial charge in [0.2, 0.25) is 0 Å². The number of fused-ring (bicyclic) bond motifs is 2. The zero-order valence-electron chi connectivity index (χ0n) is 33.5. The van der Waals surface area contributed by atoms with E-state index >= 15 is 0 Å². The van der Waals surface area contributed by atoms with Crippen molar-refractivity contribution in [1.82, 2.24) is 0 Å². The van der Waals surface area contributed by atoms with Crippen molar-refractivity contribution in [2.24, 2.45) is 0 Å². The van der Waals surface area contributed by atoms with Gasteiger partial charge in [0, 0.05) is 0 Å². The molecule has 0 unspecified atom stereocenters. The van der Waals surface area contributed by atoms with Crippen LogP contribution in [0.1, 0.15) is 50.9 Å². The first kappa shape index (κ1) is 36.8. The summed E-state index contributed by atoms with van der Waals surface area (Å²) < 4.78 is 0. The van der Waals surface area contributed by atoms with Gasteiger partial charge >= 0.3 is 0 Å². The zero-order chi connectivity index (χ0) is 40.1. The summed E-state index contributed by atoms with van der Waals surface area (Å²) >= 11 is 0. The Morgan fingerprint density at radius 3 is 1.30 bits per heavy atom. The molecule has 0 N–H and O–H groups in total. The Morgan fingerprint density at radius 1 is 0.350 bits per heavy atom. The van der Waals surface area contributed by atoms with E-state index in [1.165, 1.54) is 99.8 Å². The van der Waals surface area contributed by atoms with Crippen molar-refractivity contribution in [3.63, 3.8) is 0 Å². The Hall–Kier alpha value is -7.54. The fourth-order valence-electron chi connectivity index (χ4n) is 8.92. The summed E-state index contributed by atoms with van der Waals surface area (Å²) in [5.41, 5.74) is 19.9. The molecule has 0 heteroatoms. The molecule has 0 amide bonds. The Bertz CT molecular complexity index is 2940. The van der Waals surface area contributed by atoms with Crippen molar-refractivity contribution < 1.29 is 0 Å². The van der Waals surface area contributed by atoms with Crippen molar-refractivity contribution in [1.29, 1.82) is 0 Å². The summed E-state index contributed by atoms with van der Waals surface area (Å²) in [6, 6.07) is 79.1. The SMILES string of the molecule is C1=Cc2c(c(-c3ccc(-c4cccc(C=C(c5ccccc5)c5ccccc5)c4)cc3)c3ccccc3c2-c2cccc(C=C(c3ccccc3)c3ccccc3)c2)CC1. The predicted molar refractivity (Wildman–Crippen MR) is 257 cm³/mol. The second-order valence-corrected chi connectivity index (χ2v) is 15.5. The number of hydrogen-bond donors (Lipinski definition) is 0. The fraction of sp³-hybridized carbons (Fsp3) is 0.0333. The highest BCUT2D eigenvalue weighted by Gasteiger charge is 2.22. The molecule has 0 aromatic heterocycles. The zero-order valence-corrected chi connectivity index (χ0v) is 33.5. The minimum absolute atomic E-state index is 1.01. The molecule has 0 saturated heterocycles. The van der Waals surface area contributed by atoms with Gasteiger partial charge in [0.1, 0.15) is 0 Å². The number of rotatable bonds is 9. The minimum atomic E-state index is 1.01. The largest absolute Gasteiger partial charge is 0.0836 e. The molecule has 60 heavy (non-hydrogen) atoms. The van der Waals surface area contributed by atoms with Crippen LogP contribution in [0.15, 0.2) is 224 Å². The molecule has 9 aromatic carbocycles. The van der Waals surface area contributed by atoms with Gasteiger partial charge in [0.05, 0.1) is 0 Å². The third-order valence-electron chi connectivity index (χ3n) is 11.7. The van der Waals surface area contributed by atoms with Gasteiger partial charge in [0.15, 0.2) is 0 Å². The van der Waals surface area contributed by atoms with Crippen molar-refractivity contribution in [3.05, 3.63) is 269 Å². The first-order chi connectivity index (χ1) is 29.8. The van der Waals surface area contributed by atoms with E-state index in [2.05, 4.69) is 243 Å². The quantitative estimate of drug-likeness (QED) is 0.128. The summed E-state index contributed by atoms with van der Waals surface area (Å²) in [7, 11) is 0. The molecule has 0 spiro atoms. The van der Waals surface area contributed by atoms with Crippen molar-refractivity contribution in [2.75, 3.05) is 0 Å². The van der Waals surface area contributed by atoms with E-state index in [9.17, 15) is 0 Å². The molecule has 1 aliphatic carbocycles. The predicted octanol–water partition coefficient (Wildman–Crippen LogP) is 16.0. The molecule has 0 aliphatic heterocycles. The van der Waals surface area contributed by atoms with E-state index in [-0.39, 0.29) is 0 Å². The highest BCUT2D eigenvalue weighted by Crippen LogP contribution is 2.45. The maximum absolute atomic E-state index is 2.37. The molecule has 0 fully saturated rings. The second-order valence-electron chi connectivity index (χ2n) is 15.5. The van der Waals surface area contributed by atoms with E-state index in [0.29, 0.717) is 0 Å². The third kappa shape index (κ3) is 7.48. The molecule has 0 radical (unpaired) electrons. The monoisotopic (exact) mass is 764 g/mol. The van der Waals surface area contributed by atoms with Crippen LogP contribution in [0.4, 0.5) is 0 Å². The lowest BCUT2D eigenvalue weighted by Crippen LogP contribution is -2.02. The Morgan fingerprint density at radius 2 is 0.783 bits per heavy atom. The van der Waals surface area contributed by atoms with Crippen molar-refractivity contribution in [2.45, 2.75) is 12.8 Å². The molecule has 0 bridgehead atoms. The highest BCUT2D eigenvalue weighted by molar-refractivity contribution is 6.10. The van der Waals surface area contributed by atoms with Crippen LogP contribution in [0.2, 0.25) is 0 Å². The summed E-state index contributed by atoms with van der Waals surface area (Å²) in [6.07, 6.45) is 11.4. The number of allylic oxidation sites excluding steroid dienone is 1. The van der Waals surface area contributed by atoms with Gasteiger partial charge < -0.3 is 0 Å². The van der Waals surface area contributed by atoms with Gasteiger partial charge in [0.25, 0.3) is 0 Å². The smallest absolute Gasteiger partial charge is 0.00295 e. The molecule has 9 aromatic rings. The summed E-state index contributed by atoms with van der Waals surface area (Å²) in [6.45, 7) is 0.